The summed E-state index contributed by atoms with van der Waals surface area (Å²) in [5, 5.41) is 0. The maximum Gasteiger partial charge on any atom is 0.160 e. The van der Waals surface area contributed by atoms with E-state index in [1.165, 1.54) is 16.7 Å². The number of aryl methyl sites for hydroxylation is 2. The van der Waals surface area contributed by atoms with Gasteiger partial charge in [0, 0.05) is 20.6 Å². The molecule has 1 rings (SSSR count). The molecule has 1 aromatic rings. The average Bonchev–Trinajstić information content (AvgIpc) is 2.12. The maximum atomic E-state index is 5.16. The maximum absolute atomic E-state index is 5.16. The second-order valence-corrected chi connectivity index (χ2v) is 3.60. The van der Waals surface area contributed by atoms with E-state index in [0.29, 0.717) is 0 Å². The molecule has 0 aliphatic heterocycles. The van der Waals surface area contributed by atoms with Crippen molar-refractivity contribution in [2.45, 2.75) is 26.6 Å². The van der Waals surface area contributed by atoms with Gasteiger partial charge >= 0.3 is 0 Å². The second-order valence-electron chi connectivity index (χ2n) is 3.60. The molecule has 78 valence electrons. The summed E-state index contributed by atoms with van der Waals surface area (Å²) in [6, 6.07) is 6.49. The molecule has 0 spiro atoms. The minimum atomic E-state index is -0.142. The van der Waals surface area contributed by atoms with Crippen LogP contribution < -0.4 is 0 Å². The van der Waals surface area contributed by atoms with Crippen LogP contribution in [0.15, 0.2) is 18.2 Å². The van der Waals surface area contributed by atoms with Crippen LogP contribution in [0.1, 0.15) is 16.7 Å². The molecule has 14 heavy (non-hydrogen) atoms. The first-order chi connectivity index (χ1) is 6.65. The lowest BCUT2D eigenvalue weighted by atomic mass is 10.1. The van der Waals surface area contributed by atoms with Gasteiger partial charge in [-0.1, -0.05) is 29.3 Å². The normalized spacial score (nSPS) is 10.9. The monoisotopic (exact) mass is 194 g/mol. The summed E-state index contributed by atoms with van der Waals surface area (Å²) in [4.78, 5) is 0. The fourth-order valence-electron chi connectivity index (χ4n) is 1.64. The predicted octanol–water partition coefficient (Wildman–Crippen LogP) is 2.46. The molecule has 0 amide bonds. The molecule has 0 unspecified atom stereocenters. The van der Waals surface area contributed by atoms with Crippen LogP contribution in [-0.2, 0) is 15.9 Å². The van der Waals surface area contributed by atoms with E-state index in [1.54, 1.807) is 14.2 Å². The van der Waals surface area contributed by atoms with Gasteiger partial charge in [0.1, 0.15) is 0 Å². The van der Waals surface area contributed by atoms with E-state index in [2.05, 4.69) is 32.0 Å². The van der Waals surface area contributed by atoms with Crippen molar-refractivity contribution in [1.29, 1.82) is 0 Å². The van der Waals surface area contributed by atoms with Gasteiger partial charge in [0.25, 0.3) is 0 Å². The Balaban J connectivity index is 2.75. The van der Waals surface area contributed by atoms with E-state index in [-0.39, 0.29) is 6.29 Å². The number of ether oxygens (including phenoxy) is 2. The van der Waals surface area contributed by atoms with Gasteiger partial charge in [0.2, 0.25) is 0 Å². The van der Waals surface area contributed by atoms with Gasteiger partial charge in [-0.25, -0.2) is 0 Å². The molecule has 0 N–H and O–H groups in total. The Hall–Kier alpha value is -0.860. The van der Waals surface area contributed by atoms with Crippen LogP contribution >= 0.6 is 0 Å². The van der Waals surface area contributed by atoms with E-state index in [0.717, 1.165) is 6.42 Å². The molecular formula is C12H18O2. The minimum Gasteiger partial charge on any atom is -0.356 e. The Bertz CT molecular complexity index is 270. The standard InChI is InChI=1S/C12H18O2/c1-9-5-10(2)7-11(6-9)8-12(13-3)14-4/h5-7,12H,8H2,1-4H3. The third-order valence-corrected chi connectivity index (χ3v) is 2.21. The van der Waals surface area contributed by atoms with Gasteiger partial charge < -0.3 is 9.47 Å². The van der Waals surface area contributed by atoms with Gasteiger partial charge in [-0.05, 0) is 19.4 Å². The van der Waals surface area contributed by atoms with Crippen LogP contribution in [0.4, 0.5) is 0 Å². The third kappa shape index (κ3) is 3.13. The number of rotatable bonds is 4. The first kappa shape index (κ1) is 11.2. The summed E-state index contributed by atoms with van der Waals surface area (Å²) in [6.07, 6.45) is 0.659. The van der Waals surface area contributed by atoms with Crippen LogP contribution in [0.5, 0.6) is 0 Å². The number of hydrogen-bond acceptors (Lipinski definition) is 2. The van der Waals surface area contributed by atoms with Gasteiger partial charge in [-0.3, -0.25) is 0 Å². The lowest BCUT2D eigenvalue weighted by Gasteiger charge is -2.13. The van der Waals surface area contributed by atoms with E-state index < -0.39 is 0 Å². The SMILES string of the molecule is COC(Cc1cc(C)cc(C)c1)OC. The van der Waals surface area contributed by atoms with Crippen LogP contribution in [0.25, 0.3) is 0 Å². The Morgan fingerprint density at radius 2 is 1.50 bits per heavy atom. The molecular weight excluding hydrogens is 176 g/mol. The molecule has 0 aliphatic carbocycles. The molecule has 0 aromatic heterocycles. The summed E-state index contributed by atoms with van der Waals surface area (Å²) in [5.41, 5.74) is 3.83. The van der Waals surface area contributed by atoms with Gasteiger partial charge in [0.15, 0.2) is 6.29 Å². The van der Waals surface area contributed by atoms with Crippen molar-refractivity contribution in [2.75, 3.05) is 14.2 Å². The Morgan fingerprint density at radius 3 is 1.93 bits per heavy atom. The third-order valence-electron chi connectivity index (χ3n) is 2.21. The quantitative estimate of drug-likeness (QED) is 0.685. The summed E-state index contributed by atoms with van der Waals surface area (Å²) >= 11 is 0. The summed E-state index contributed by atoms with van der Waals surface area (Å²) < 4.78 is 10.3. The molecule has 0 fully saturated rings. The molecule has 2 heteroatoms. The largest absolute Gasteiger partial charge is 0.356 e. The molecule has 0 aliphatic rings. The highest BCUT2D eigenvalue weighted by atomic mass is 16.7. The highest BCUT2D eigenvalue weighted by Crippen LogP contribution is 2.12. The van der Waals surface area contributed by atoms with Crippen molar-refractivity contribution in [3.05, 3.63) is 34.9 Å². The Morgan fingerprint density at radius 1 is 1.00 bits per heavy atom. The van der Waals surface area contributed by atoms with Crippen molar-refractivity contribution in [2.24, 2.45) is 0 Å². The van der Waals surface area contributed by atoms with Gasteiger partial charge in [-0.15, -0.1) is 0 Å². The molecule has 2 nitrogen and oxygen atoms in total. The van der Waals surface area contributed by atoms with E-state index in [1.807, 2.05) is 0 Å². The lowest BCUT2D eigenvalue weighted by Crippen LogP contribution is -2.16. The molecule has 1 aromatic carbocycles. The fraction of sp³-hybridized carbons (Fsp3) is 0.500. The zero-order chi connectivity index (χ0) is 10.6. The van der Waals surface area contributed by atoms with Gasteiger partial charge in [-0.2, -0.15) is 0 Å². The van der Waals surface area contributed by atoms with Crippen LogP contribution in [0.3, 0.4) is 0 Å². The van der Waals surface area contributed by atoms with Crippen LogP contribution in [0.2, 0.25) is 0 Å². The summed E-state index contributed by atoms with van der Waals surface area (Å²) in [6.45, 7) is 4.20. The minimum absolute atomic E-state index is 0.142. The topological polar surface area (TPSA) is 18.5 Å². The van der Waals surface area contributed by atoms with Crippen LogP contribution in [0, 0.1) is 13.8 Å². The van der Waals surface area contributed by atoms with E-state index in [9.17, 15) is 0 Å². The van der Waals surface area contributed by atoms with Crippen LogP contribution in [-0.4, -0.2) is 20.5 Å². The molecule has 0 saturated heterocycles. The number of methoxy groups -OCH3 is 2. The number of benzene rings is 1. The van der Waals surface area contributed by atoms with E-state index >= 15 is 0 Å². The first-order valence-corrected chi connectivity index (χ1v) is 4.78. The second kappa shape index (κ2) is 5.13. The zero-order valence-corrected chi connectivity index (χ0v) is 9.33. The molecule has 0 radical (unpaired) electrons. The predicted molar refractivity (Wildman–Crippen MR) is 57.4 cm³/mol. The molecule has 0 heterocycles. The molecule has 0 saturated carbocycles. The smallest absolute Gasteiger partial charge is 0.160 e. The van der Waals surface area contributed by atoms with Crippen molar-refractivity contribution in [3.63, 3.8) is 0 Å². The van der Waals surface area contributed by atoms with E-state index in [4.69, 9.17) is 9.47 Å². The van der Waals surface area contributed by atoms with Crippen molar-refractivity contribution in [3.8, 4) is 0 Å². The average molecular weight is 194 g/mol. The fourth-order valence-corrected chi connectivity index (χ4v) is 1.64. The highest BCUT2D eigenvalue weighted by Gasteiger charge is 2.06. The zero-order valence-electron chi connectivity index (χ0n) is 9.33. The van der Waals surface area contributed by atoms with Crippen molar-refractivity contribution < 1.29 is 9.47 Å². The summed E-state index contributed by atoms with van der Waals surface area (Å²) in [5.74, 6) is 0. The van der Waals surface area contributed by atoms with Crippen molar-refractivity contribution >= 4 is 0 Å². The first-order valence-electron chi connectivity index (χ1n) is 4.78. The Labute approximate surface area is 85.8 Å². The summed E-state index contributed by atoms with van der Waals surface area (Å²) in [7, 11) is 3.33. The Kier molecular flexibility index (Phi) is 4.11. The molecule has 0 atom stereocenters. The highest BCUT2D eigenvalue weighted by molar-refractivity contribution is 5.28. The van der Waals surface area contributed by atoms with Gasteiger partial charge in [0.05, 0.1) is 0 Å². The van der Waals surface area contributed by atoms with Crippen molar-refractivity contribution in [1.82, 2.24) is 0 Å². The number of hydrogen-bond donors (Lipinski definition) is 0. The lowest BCUT2D eigenvalue weighted by molar-refractivity contribution is -0.100. The molecule has 0 bridgehead atoms.